The zero-order chi connectivity index (χ0) is 12.3. The van der Waals surface area contributed by atoms with Crippen LogP contribution in [0.25, 0.3) is 0 Å². The van der Waals surface area contributed by atoms with Gasteiger partial charge in [-0.25, -0.2) is 0 Å². The van der Waals surface area contributed by atoms with Gasteiger partial charge in [-0.05, 0) is 19.8 Å². The molecule has 16 heavy (non-hydrogen) atoms. The van der Waals surface area contributed by atoms with Crippen molar-refractivity contribution in [1.29, 1.82) is 0 Å². The third-order valence-electron chi connectivity index (χ3n) is 2.24. The lowest BCUT2D eigenvalue weighted by Gasteiger charge is -2.07. The first-order valence-corrected chi connectivity index (χ1v) is 4.86. The molecule has 1 atom stereocenters. The molecule has 1 unspecified atom stereocenters. The number of aromatic hydroxyl groups is 2. The average Bonchev–Trinajstić information content (AvgIpc) is 2.15. The first kappa shape index (κ1) is 12.3. The van der Waals surface area contributed by atoms with Gasteiger partial charge in [0.25, 0.3) is 0 Å². The number of nitrogens with zero attached hydrogens (tertiary/aromatic N) is 1. The summed E-state index contributed by atoms with van der Waals surface area (Å²) in [4.78, 5) is 9.87. The molecule has 0 heterocycles. The summed E-state index contributed by atoms with van der Waals surface area (Å²) in [6, 6.07) is 2.11. The second-order valence-electron chi connectivity index (χ2n) is 3.74. The highest BCUT2D eigenvalue weighted by Crippen LogP contribution is 2.33. The molecule has 0 amide bonds. The van der Waals surface area contributed by atoms with E-state index in [9.17, 15) is 20.3 Å². The Hall–Kier alpha value is -1.82. The molecule has 0 aliphatic heterocycles. The van der Waals surface area contributed by atoms with E-state index in [2.05, 4.69) is 0 Å². The van der Waals surface area contributed by atoms with Crippen molar-refractivity contribution < 1.29 is 15.1 Å². The van der Waals surface area contributed by atoms with E-state index < -0.39 is 16.4 Å². The number of nitro groups is 1. The SMILES string of the molecule is CC(N)CCc1cc([N+](=O)[O-])c(O)cc1O. The molecule has 0 saturated heterocycles. The van der Waals surface area contributed by atoms with Gasteiger partial charge in [-0.2, -0.15) is 0 Å². The number of hydrogen-bond acceptors (Lipinski definition) is 5. The van der Waals surface area contributed by atoms with Gasteiger partial charge in [-0.3, -0.25) is 10.1 Å². The summed E-state index contributed by atoms with van der Waals surface area (Å²) in [6.45, 7) is 1.81. The summed E-state index contributed by atoms with van der Waals surface area (Å²) in [5, 5.41) is 29.3. The van der Waals surface area contributed by atoms with Crippen LogP contribution in [0.1, 0.15) is 18.9 Å². The van der Waals surface area contributed by atoms with Crippen molar-refractivity contribution in [1.82, 2.24) is 0 Å². The standard InChI is InChI=1S/C10H14N2O4/c1-6(11)2-3-7-4-8(12(15)16)10(14)5-9(7)13/h4-6,13-14H,2-3,11H2,1H3. The Morgan fingerprint density at radius 1 is 1.44 bits per heavy atom. The maximum Gasteiger partial charge on any atom is 0.311 e. The molecule has 4 N–H and O–H groups in total. The van der Waals surface area contributed by atoms with E-state index in [0.29, 0.717) is 18.4 Å². The summed E-state index contributed by atoms with van der Waals surface area (Å²) in [5.74, 6) is -0.684. The molecule has 0 saturated carbocycles. The van der Waals surface area contributed by atoms with Crippen LogP contribution in [0, 0.1) is 10.1 Å². The zero-order valence-electron chi connectivity index (χ0n) is 8.88. The van der Waals surface area contributed by atoms with E-state index in [1.54, 1.807) is 0 Å². The van der Waals surface area contributed by atoms with Crippen LogP contribution in [-0.2, 0) is 6.42 Å². The summed E-state index contributed by atoms with van der Waals surface area (Å²) >= 11 is 0. The molecule has 0 aromatic heterocycles. The van der Waals surface area contributed by atoms with Crippen LogP contribution in [0.3, 0.4) is 0 Å². The van der Waals surface area contributed by atoms with E-state index in [1.807, 2.05) is 6.92 Å². The van der Waals surface area contributed by atoms with Crippen molar-refractivity contribution in [3.8, 4) is 11.5 Å². The van der Waals surface area contributed by atoms with Crippen LogP contribution in [0.2, 0.25) is 0 Å². The van der Waals surface area contributed by atoms with Crippen molar-refractivity contribution >= 4 is 5.69 Å². The van der Waals surface area contributed by atoms with E-state index in [-0.39, 0.29) is 11.8 Å². The van der Waals surface area contributed by atoms with Gasteiger partial charge in [0, 0.05) is 23.7 Å². The highest BCUT2D eigenvalue weighted by molar-refractivity contribution is 5.53. The van der Waals surface area contributed by atoms with Gasteiger partial charge in [-0.1, -0.05) is 0 Å². The van der Waals surface area contributed by atoms with E-state index in [1.165, 1.54) is 6.07 Å². The van der Waals surface area contributed by atoms with E-state index in [0.717, 1.165) is 6.07 Å². The molecule has 88 valence electrons. The molecule has 0 radical (unpaired) electrons. The summed E-state index contributed by atoms with van der Waals surface area (Å²) in [5.41, 5.74) is 5.57. The first-order valence-electron chi connectivity index (χ1n) is 4.86. The number of nitrogens with two attached hydrogens (primary N) is 1. The molecule has 0 aliphatic rings. The smallest absolute Gasteiger partial charge is 0.311 e. The molecule has 6 nitrogen and oxygen atoms in total. The Morgan fingerprint density at radius 2 is 2.06 bits per heavy atom. The third-order valence-corrected chi connectivity index (χ3v) is 2.24. The van der Waals surface area contributed by atoms with Gasteiger partial charge in [0.1, 0.15) is 5.75 Å². The monoisotopic (exact) mass is 226 g/mol. The van der Waals surface area contributed by atoms with Gasteiger partial charge >= 0.3 is 5.69 Å². The first-order chi connectivity index (χ1) is 7.41. The van der Waals surface area contributed by atoms with Crippen LogP contribution in [0.15, 0.2) is 12.1 Å². The molecule has 0 aliphatic carbocycles. The molecule has 6 heteroatoms. The molecule has 0 fully saturated rings. The van der Waals surface area contributed by atoms with Gasteiger partial charge < -0.3 is 15.9 Å². The fourth-order valence-corrected chi connectivity index (χ4v) is 1.34. The van der Waals surface area contributed by atoms with Crippen molar-refractivity contribution in [3.63, 3.8) is 0 Å². The van der Waals surface area contributed by atoms with Gasteiger partial charge in [-0.15, -0.1) is 0 Å². The second-order valence-corrected chi connectivity index (χ2v) is 3.74. The lowest BCUT2D eigenvalue weighted by molar-refractivity contribution is -0.385. The summed E-state index contributed by atoms with van der Waals surface area (Å²) in [6.07, 6.45) is 1.04. The fourth-order valence-electron chi connectivity index (χ4n) is 1.34. The van der Waals surface area contributed by atoms with Gasteiger partial charge in [0.05, 0.1) is 4.92 Å². The van der Waals surface area contributed by atoms with E-state index in [4.69, 9.17) is 5.73 Å². The largest absolute Gasteiger partial charge is 0.508 e. The predicted octanol–water partition coefficient (Wildman–Crippen LogP) is 1.29. The van der Waals surface area contributed by atoms with Crippen LogP contribution >= 0.6 is 0 Å². The van der Waals surface area contributed by atoms with Crippen LogP contribution in [0.5, 0.6) is 11.5 Å². The van der Waals surface area contributed by atoms with Crippen LogP contribution in [-0.4, -0.2) is 21.2 Å². The number of nitro benzene ring substituents is 1. The maximum absolute atomic E-state index is 10.6. The maximum atomic E-state index is 10.6. The highest BCUT2D eigenvalue weighted by atomic mass is 16.6. The molecule has 1 rings (SSSR count). The fraction of sp³-hybridized carbons (Fsp3) is 0.400. The van der Waals surface area contributed by atoms with Crippen LogP contribution in [0.4, 0.5) is 5.69 Å². The van der Waals surface area contributed by atoms with Crippen LogP contribution < -0.4 is 5.73 Å². The Kier molecular flexibility index (Phi) is 3.68. The van der Waals surface area contributed by atoms with Crippen molar-refractivity contribution in [2.45, 2.75) is 25.8 Å². The van der Waals surface area contributed by atoms with Gasteiger partial charge in [0.15, 0.2) is 5.75 Å². The number of phenolic OH excluding ortho intramolecular Hbond substituents is 2. The van der Waals surface area contributed by atoms with Gasteiger partial charge in [0.2, 0.25) is 0 Å². The van der Waals surface area contributed by atoms with Crippen molar-refractivity contribution in [2.24, 2.45) is 5.73 Å². The number of benzene rings is 1. The minimum atomic E-state index is -0.690. The van der Waals surface area contributed by atoms with Crippen molar-refractivity contribution in [3.05, 3.63) is 27.8 Å². The molecular formula is C10H14N2O4. The molecule has 1 aromatic rings. The lowest BCUT2D eigenvalue weighted by atomic mass is 10.0. The zero-order valence-corrected chi connectivity index (χ0v) is 8.88. The molecule has 1 aromatic carbocycles. The minimum Gasteiger partial charge on any atom is -0.508 e. The van der Waals surface area contributed by atoms with Crippen molar-refractivity contribution in [2.75, 3.05) is 0 Å². The topological polar surface area (TPSA) is 110 Å². The van der Waals surface area contributed by atoms with E-state index >= 15 is 0 Å². The normalized spacial score (nSPS) is 12.4. The minimum absolute atomic E-state index is 0.0488. The Morgan fingerprint density at radius 3 is 2.56 bits per heavy atom. The number of phenols is 2. The number of rotatable bonds is 4. The average molecular weight is 226 g/mol. The molecule has 0 bridgehead atoms. The Labute approximate surface area is 92.5 Å². The second kappa shape index (κ2) is 4.80. The predicted molar refractivity (Wildman–Crippen MR) is 58.4 cm³/mol. The summed E-state index contributed by atoms with van der Waals surface area (Å²) in [7, 11) is 0. The Balaban J connectivity index is 3.00. The molecular weight excluding hydrogens is 212 g/mol. The third kappa shape index (κ3) is 2.83. The summed E-state index contributed by atoms with van der Waals surface area (Å²) < 4.78 is 0. The lowest BCUT2D eigenvalue weighted by Crippen LogP contribution is -2.15. The quantitative estimate of drug-likeness (QED) is 0.529. The molecule has 0 spiro atoms. The highest BCUT2D eigenvalue weighted by Gasteiger charge is 2.17. The number of hydrogen-bond donors (Lipinski definition) is 3. The number of aryl methyl sites for hydroxylation is 1. The Bertz CT molecular complexity index is 404.